The molecule has 0 bridgehead atoms. The number of aryl methyl sites for hydroxylation is 1. The lowest BCUT2D eigenvalue weighted by Crippen LogP contribution is -2.15. The number of H-pyrrole nitrogens is 1. The summed E-state index contributed by atoms with van der Waals surface area (Å²) >= 11 is 0. The zero-order chi connectivity index (χ0) is 21.1. The van der Waals surface area contributed by atoms with E-state index < -0.39 is 0 Å². The van der Waals surface area contributed by atoms with Gasteiger partial charge >= 0.3 is 0 Å². The molecule has 0 aliphatic carbocycles. The molecular formula is C24H20F2N2O2. The molecule has 0 radical (unpaired) electrons. The van der Waals surface area contributed by atoms with Crippen molar-refractivity contribution in [3.05, 3.63) is 95.2 Å². The lowest BCUT2D eigenvalue weighted by atomic mass is 10.1. The molecule has 4 aromatic rings. The van der Waals surface area contributed by atoms with Gasteiger partial charge in [0.25, 0.3) is 0 Å². The summed E-state index contributed by atoms with van der Waals surface area (Å²) in [6, 6.07) is 16.1. The lowest BCUT2D eigenvalue weighted by Gasteiger charge is -2.11. The monoisotopic (exact) mass is 406 g/mol. The minimum Gasteiger partial charge on any atom is -0.489 e. The summed E-state index contributed by atoms with van der Waals surface area (Å²) in [5, 5.41) is 3.72. The number of benzene rings is 3. The summed E-state index contributed by atoms with van der Waals surface area (Å²) in [4.78, 5) is 15.5. The SMILES string of the molecule is Cc1cc(OCc2cccc(F)c2)ccc1NC(=O)Cc1c[nH]c2cc(F)ccc12. The quantitative estimate of drug-likeness (QED) is 0.443. The van der Waals surface area contributed by atoms with Crippen LogP contribution >= 0.6 is 0 Å². The molecular weight excluding hydrogens is 386 g/mol. The molecule has 0 aliphatic heterocycles. The van der Waals surface area contributed by atoms with Crippen molar-refractivity contribution < 1.29 is 18.3 Å². The average molecular weight is 406 g/mol. The van der Waals surface area contributed by atoms with Crippen molar-refractivity contribution in [3.8, 4) is 5.75 Å². The predicted molar refractivity (Wildman–Crippen MR) is 113 cm³/mol. The lowest BCUT2D eigenvalue weighted by molar-refractivity contribution is -0.115. The second-order valence-corrected chi connectivity index (χ2v) is 7.12. The number of carbonyl (C=O) groups excluding carboxylic acids is 1. The van der Waals surface area contributed by atoms with Crippen molar-refractivity contribution in [1.82, 2.24) is 4.98 Å². The normalized spacial score (nSPS) is 10.9. The molecule has 0 aliphatic rings. The minimum atomic E-state index is -0.323. The van der Waals surface area contributed by atoms with Crippen LogP contribution in [0.4, 0.5) is 14.5 Å². The fourth-order valence-electron chi connectivity index (χ4n) is 3.33. The van der Waals surface area contributed by atoms with Crippen molar-refractivity contribution in [2.24, 2.45) is 0 Å². The first-order valence-electron chi connectivity index (χ1n) is 9.51. The Kier molecular flexibility index (Phi) is 5.48. The molecule has 30 heavy (non-hydrogen) atoms. The number of hydrogen-bond acceptors (Lipinski definition) is 2. The molecule has 0 fully saturated rings. The molecule has 2 N–H and O–H groups in total. The fourth-order valence-corrected chi connectivity index (χ4v) is 3.33. The van der Waals surface area contributed by atoms with Crippen LogP contribution in [0, 0.1) is 18.6 Å². The molecule has 0 atom stereocenters. The fraction of sp³-hybridized carbons (Fsp3) is 0.125. The number of halogens is 2. The van der Waals surface area contributed by atoms with Gasteiger partial charge < -0.3 is 15.0 Å². The molecule has 4 rings (SSSR count). The van der Waals surface area contributed by atoms with E-state index in [0.717, 1.165) is 22.1 Å². The summed E-state index contributed by atoms with van der Waals surface area (Å²) in [6.07, 6.45) is 1.89. The second kappa shape index (κ2) is 8.37. The van der Waals surface area contributed by atoms with Gasteiger partial charge in [0.1, 0.15) is 24.0 Å². The summed E-state index contributed by atoms with van der Waals surface area (Å²) in [5.41, 5.74) is 3.73. The molecule has 152 valence electrons. The summed E-state index contributed by atoms with van der Waals surface area (Å²) in [7, 11) is 0. The minimum absolute atomic E-state index is 0.170. The van der Waals surface area contributed by atoms with Gasteiger partial charge in [0.15, 0.2) is 0 Å². The van der Waals surface area contributed by atoms with Crippen molar-refractivity contribution in [1.29, 1.82) is 0 Å². The molecule has 1 amide bonds. The van der Waals surface area contributed by atoms with Crippen LogP contribution in [0.3, 0.4) is 0 Å². The maximum atomic E-state index is 13.3. The topological polar surface area (TPSA) is 54.1 Å². The summed E-state index contributed by atoms with van der Waals surface area (Å²) in [6.45, 7) is 2.13. The molecule has 6 heteroatoms. The number of carbonyl (C=O) groups is 1. The van der Waals surface area contributed by atoms with E-state index in [1.807, 2.05) is 13.0 Å². The Hall–Kier alpha value is -3.67. The Morgan fingerprint density at radius 2 is 1.87 bits per heavy atom. The van der Waals surface area contributed by atoms with Crippen LogP contribution < -0.4 is 10.1 Å². The highest BCUT2D eigenvalue weighted by molar-refractivity contribution is 5.96. The number of anilines is 1. The van der Waals surface area contributed by atoms with Gasteiger partial charge in [0, 0.05) is 22.8 Å². The highest BCUT2D eigenvalue weighted by Gasteiger charge is 2.11. The molecule has 0 unspecified atom stereocenters. The molecule has 0 spiro atoms. The smallest absolute Gasteiger partial charge is 0.228 e. The Morgan fingerprint density at radius 3 is 2.67 bits per heavy atom. The number of ether oxygens (including phenoxy) is 1. The van der Waals surface area contributed by atoms with Gasteiger partial charge in [0.2, 0.25) is 5.91 Å². The van der Waals surface area contributed by atoms with Crippen molar-refractivity contribution in [2.45, 2.75) is 20.0 Å². The van der Waals surface area contributed by atoms with Gasteiger partial charge in [-0.25, -0.2) is 8.78 Å². The first-order valence-corrected chi connectivity index (χ1v) is 9.51. The van der Waals surface area contributed by atoms with Crippen LogP contribution in [0.15, 0.2) is 66.9 Å². The molecule has 0 saturated heterocycles. The first kappa shape index (κ1) is 19.6. The number of hydrogen-bond donors (Lipinski definition) is 2. The number of amides is 1. The van der Waals surface area contributed by atoms with Crippen molar-refractivity contribution in [3.63, 3.8) is 0 Å². The molecule has 1 heterocycles. The van der Waals surface area contributed by atoms with Crippen molar-refractivity contribution in [2.75, 3.05) is 5.32 Å². The second-order valence-electron chi connectivity index (χ2n) is 7.12. The zero-order valence-electron chi connectivity index (χ0n) is 16.3. The van der Waals surface area contributed by atoms with E-state index in [0.29, 0.717) is 17.0 Å². The summed E-state index contributed by atoms with van der Waals surface area (Å²) in [5.74, 6) is -0.161. The average Bonchev–Trinajstić information content (AvgIpc) is 3.10. The van der Waals surface area contributed by atoms with Crippen LogP contribution in [-0.4, -0.2) is 10.9 Å². The third-order valence-corrected chi connectivity index (χ3v) is 4.85. The molecule has 3 aromatic carbocycles. The van der Waals surface area contributed by atoms with Crippen molar-refractivity contribution >= 4 is 22.5 Å². The largest absolute Gasteiger partial charge is 0.489 e. The summed E-state index contributed by atoms with van der Waals surface area (Å²) < 4.78 is 32.3. The maximum Gasteiger partial charge on any atom is 0.228 e. The zero-order valence-corrected chi connectivity index (χ0v) is 16.3. The van der Waals surface area contributed by atoms with Gasteiger partial charge in [-0.1, -0.05) is 12.1 Å². The van der Waals surface area contributed by atoms with E-state index in [-0.39, 0.29) is 30.6 Å². The standard InChI is InChI=1S/C24H20F2N2O2/c1-15-9-20(30-14-16-3-2-4-18(25)10-16)6-8-22(15)28-24(29)11-17-13-27-23-12-19(26)5-7-21(17)23/h2-10,12-13,27H,11,14H2,1H3,(H,28,29). The maximum absolute atomic E-state index is 13.3. The number of rotatable bonds is 6. The Labute approximate surface area is 172 Å². The van der Waals surface area contributed by atoms with E-state index >= 15 is 0 Å². The number of fused-ring (bicyclic) bond motifs is 1. The Balaban J connectivity index is 1.39. The molecule has 0 saturated carbocycles. The van der Waals surface area contributed by atoms with Crippen LogP contribution in [0.1, 0.15) is 16.7 Å². The highest BCUT2D eigenvalue weighted by Crippen LogP contribution is 2.24. The number of aromatic nitrogens is 1. The van der Waals surface area contributed by atoms with Crippen LogP contribution in [-0.2, 0) is 17.8 Å². The Morgan fingerprint density at radius 1 is 1.03 bits per heavy atom. The van der Waals surface area contributed by atoms with E-state index in [1.165, 1.54) is 24.3 Å². The van der Waals surface area contributed by atoms with Gasteiger partial charge in [-0.3, -0.25) is 4.79 Å². The molecule has 4 nitrogen and oxygen atoms in total. The van der Waals surface area contributed by atoms with Gasteiger partial charge in [-0.2, -0.15) is 0 Å². The number of nitrogens with one attached hydrogen (secondary N) is 2. The van der Waals surface area contributed by atoms with E-state index in [2.05, 4.69) is 10.3 Å². The molecule has 1 aromatic heterocycles. The third-order valence-electron chi connectivity index (χ3n) is 4.85. The van der Waals surface area contributed by atoms with Crippen LogP contribution in [0.25, 0.3) is 10.9 Å². The van der Waals surface area contributed by atoms with Gasteiger partial charge in [-0.05, 0) is 72.1 Å². The van der Waals surface area contributed by atoms with E-state index in [9.17, 15) is 13.6 Å². The highest BCUT2D eigenvalue weighted by atomic mass is 19.1. The Bertz CT molecular complexity index is 1220. The van der Waals surface area contributed by atoms with Gasteiger partial charge in [-0.15, -0.1) is 0 Å². The third kappa shape index (κ3) is 4.49. The first-order chi connectivity index (χ1) is 14.5. The predicted octanol–water partition coefficient (Wildman–Crippen LogP) is 5.51. The van der Waals surface area contributed by atoms with E-state index in [1.54, 1.807) is 36.5 Å². The van der Waals surface area contributed by atoms with Crippen LogP contribution in [0.5, 0.6) is 5.75 Å². The van der Waals surface area contributed by atoms with Gasteiger partial charge in [0.05, 0.1) is 6.42 Å². The van der Waals surface area contributed by atoms with E-state index in [4.69, 9.17) is 4.74 Å². The number of aromatic amines is 1. The van der Waals surface area contributed by atoms with Crippen LogP contribution in [0.2, 0.25) is 0 Å².